The van der Waals surface area contributed by atoms with E-state index in [9.17, 15) is 14.4 Å². The average Bonchev–Trinajstić information content (AvgIpc) is 3.25. The van der Waals surface area contributed by atoms with Crippen LogP contribution in [0.15, 0.2) is 71.9 Å². The van der Waals surface area contributed by atoms with E-state index in [4.69, 9.17) is 0 Å². The Kier molecular flexibility index (Phi) is 7.19. The maximum atomic E-state index is 13.9. The van der Waals surface area contributed by atoms with Crippen molar-refractivity contribution in [3.05, 3.63) is 94.2 Å². The number of rotatable bonds is 3. The van der Waals surface area contributed by atoms with E-state index >= 15 is 0 Å². The minimum atomic E-state index is -0.155. The van der Waals surface area contributed by atoms with Crippen molar-refractivity contribution in [2.24, 2.45) is 7.05 Å². The summed E-state index contributed by atoms with van der Waals surface area (Å²) in [5, 5.41) is 0. The molecule has 1 saturated heterocycles. The number of amides is 2. The van der Waals surface area contributed by atoms with Gasteiger partial charge in [0, 0.05) is 82.6 Å². The zero-order chi connectivity index (χ0) is 25.9. The molecule has 0 radical (unpaired) electrons. The maximum Gasteiger partial charge on any atom is 0.255 e. The molecule has 2 bridgehead atoms. The molecule has 0 aliphatic carbocycles. The molecule has 37 heavy (non-hydrogen) atoms. The quantitative estimate of drug-likeness (QED) is 0.553. The standard InChI is InChI=1S/C29H33N5O3/c1-21(35)33-15-13-25-10-11-26(34(25)17-22-6-5-14-30-16-22)20-32(19-23-7-3-4-8-27(23)33)29(37)24-9-12-28(36)31(2)18-24/h3-9,12,14,16,18,25-26H,10-11,13,15,17,19-20H2,1-2H3. The van der Waals surface area contributed by atoms with Gasteiger partial charge in [0.15, 0.2) is 0 Å². The Morgan fingerprint density at radius 1 is 1.00 bits per heavy atom. The summed E-state index contributed by atoms with van der Waals surface area (Å²) in [5.41, 5.74) is 3.25. The fourth-order valence-electron chi connectivity index (χ4n) is 5.70. The number of carbonyl (C=O) groups excluding carboxylic acids is 2. The van der Waals surface area contributed by atoms with E-state index in [2.05, 4.69) is 16.0 Å². The van der Waals surface area contributed by atoms with Gasteiger partial charge < -0.3 is 14.4 Å². The predicted octanol–water partition coefficient (Wildman–Crippen LogP) is 3.21. The van der Waals surface area contributed by atoms with Crippen molar-refractivity contribution in [3.63, 3.8) is 0 Å². The van der Waals surface area contributed by atoms with Crippen LogP contribution in [-0.2, 0) is 24.9 Å². The van der Waals surface area contributed by atoms with Crippen molar-refractivity contribution in [3.8, 4) is 0 Å². The number of fused-ring (bicyclic) bond motifs is 3. The zero-order valence-electron chi connectivity index (χ0n) is 21.4. The van der Waals surface area contributed by atoms with Gasteiger partial charge >= 0.3 is 0 Å². The van der Waals surface area contributed by atoms with E-state index in [0.717, 1.165) is 42.6 Å². The number of anilines is 1. The van der Waals surface area contributed by atoms with E-state index in [1.165, 1.54) is 10.6 Å². The molecule has 2 amide bonds. The van der Waals surface area contributed by atoms with E-state index in [0.29, 0.717) is 31.2 Å². The van der Waals surface area contributed by atoms with Crippen molar-refractivity contribution in [1.29, 1.82) is 0 Å². The smallest absolute Gasteiger partial charge is 0.255 e. The second-order valence-corrected chi connectivity index (χ2v) is 10.1. The van der Waals surface area contributed by atoms with Gasteiger partial charge in [0.05, 0.1) is 5.56 Å². The van der Waals surface area contributed by atoms with Gasteiger partial charge in [-0.2, -0.15) is 0 Å². The number of aryl methyl sites for hydroxylation is 1. The van der Waals surface area contributed by atoms with E-state index in [1.54, 1.807) is 32.4 Å². The molecular weight excluding hydrogens is 466 g/mol. The Bertz CT molecular complexity index is 1340. The van der Waals surface area contributed by atoms with Crippen LogP contribution in [0.25, 0.3) is 0 Å². The molecular formula is C29H33N5O3. The number of aromatic nitrogens is 2. The molecule has 4 heterocycles. The summed E-state index contributed by atoms with van der Waals surface area (Å²) < 4.78 is 1.44. The highest BCUT2D eigenvalue weighted by atomic mass is 16.2. The minimum Gasteiger partial charge on any atom is -0.333 e. The lowest BCUT2D eigenvalue weighted by Gasteiger charge is -2.34. The Hall–Kier alpha value is -3.78. The first kappa shape index (κ1) is 24.9. The Balaban J connectivity index is 1.55. The molecule has 5 rings (SSSR count). The van der Waals surface area contributed by atoms with Crippen molar-refractivity contribution in [1.82, 2.24) is 19.4 Å². The van der Waals surface area contributed by atoms with Gasteiger partial charge in [0.1, 0.15) is 0 Å². The van der Waals surface area contributed by atoms with Crippen LogP contribution in [-0.4, -0.2) is 56.3 Å². The number of para-hydroxylation sites is 1. The third-order valence-electron chi connectivity index (χ3n) is 7.62. The highest BCUT2D eigenvalue weighted by molar-refractivity contribution is 5.95. The molecule has 8 nitrogen and oxygen atoms in total. The summed E-state index contributed by atoms with van der Waals surface area (Å²) >= 11 is 0. The Morgan fingerprint density at radius 2 is 1.81 bits per heavy atom. The van der Waals surface area contributed by atoms with Gasteiger partial charge in [0.2, 0.25) is 11.5 Å². The van der Waals surface area contributed by atoms with Gasteiger partial charge in [0.25, 0.3) is 5.91 Å². The van der Waals surface area contributed by atoms with Gasteiger partial charge in [-0.15, -0.1) is 0 Å². The topological polar surface area (TPSA) is 78.8 Å². The minimum absolute atomic E-state index is 0.00371. The predicted molar refractivity (Wildman–Crippen MR) is 142 cm³/mol. The molecule has 0 saturated carbocycles. The van der Waals surface area contributed by atoms with Crippen molar-refractivity contribution >= 4 is 17.5 Å². The summed E-state index contributed by atoms with van der Waals surface area (Å²) in [5.74, 6) is -0.125. The van der Waals surface area contributed by atoms with Crippen molar-refractivity contribution in [2.75, 3.05) is 18.0 Å². The van der Waals surface area contributed by atoms with Crippen LogP contribution in [0.4, 0.5) is 5.69 Å². The number of benzene rings is 1. The molecule has 1 fully saturated rings. The largest absolute Gasteiger partial charge is 0.333 e. The van der Waals surface area contributed by atoms with Gasteiger partial charge in [-0.1, -0.05) is 24.3 Å². The Morgan fingerprint density at radius 3 is 2.57 bits per heavy atom. The van der Waals surface area contributed by atoms with Crippen LogP contribution < -0.4 is 10.5 Å². The maximum absolute atomic E-state index is 13.9. The average molecular weight is 500 g/mol. The highest BCUT2D eigenvalue weighted by Crippen LogP contribution is 2.32. The fourth-order valence-corrected chi connectivity index (χ4v) is 5.70. The number of carbonyl (C=O) groups is 2. The molecule has 3 aromatic rings. The second-order valence-electron chi connectivity index (χ2n) is 10.1. The fraction of sp³-hybridized carbons (Fsp3) is 0.379. The summed E-state index contributed by atoms with van der Waals surface area (Å²) in [7, 11) is 1.66. The molecule has 0 N–H and O–H groups in total. The van der Waals surface area contributed by atoms with Gasteiger partial charge in [-0.25, -0.2) is 0 Å². The molecule has 2 atom stereocenters. The molecule has 192 valence electrons. The van der Waals surface area contributed by atoms with E-state index in [-0.39, 0.29) is 23.4 Å². The van der Waals surface area contributed by atoms with Crippen molar-refractivity contribution < 1.29 is 9.59 Å². The van der Waals surface area contributed by atoms with E-state index < -0.39 is 0 Å². The monoisotopic (exact) mass is 499 g/mol. The SMILES string of the molecule is CC(=O)N1CCC2CCC(CN(C(=O)c3ccc(=O)n(C)c3)Cc3ccccc31)N2Cc1cccnc1. The normalized spacial score (nSPS) is 20.3. The number of nitrogens with zero attached hydrogens (tertiary/aromatic N) is 5. The van der Waals surface area contributed by atoms with E-state index in [1.807, 2.05) is 46.3 Å². The summed E-state index contributed by atoms with van der Waals surface area (Å²) in [4.78, 5) is 49.2. The lowest BCUT2D eigenvalue weighted by Crippen LogP contribution is -2.45. The van der Waals surface area contributed by atoms with Crippen LogP contribution in [0.3, 0.4) is 0 Å². The molecule has 2 aliphatic rings. The zero-order valence-corrected chi connectivity index (χ0v) is 21.4. The summed E-state index contributed by atoms with van der Waals surface area (Å²) in [6.07, 6.45) is 8.13. The van der Waals surface area contributed by atoms with Crippen LogP contribution in [0.1, 0.15) is 47.7 Å². The lowest BCUT2D eigenvalue weighted by atomic mass is 10.1. The summed E-state index contributed by atoms with van der Waals surface area (Å²) in [6.45, 7) is 3.92. The lowest BCUT2D eigenvalue weighted by molar-refractivity contribution is -0.116. The molecule has 2 aliphatic heterocycles. The van der Waals surface area contributed by atoms with Gasteiger partial charge in [-0.3, -0.25) is 24.3 Å². The first-order valence-corrected chi connectivity index (χ1v) is 12.9. The summed E-state index contributed by atoms with van der Waals surface area (Å²) in [6, 6.07) is 15.4. The van der Waals surface area contributed by atoms with Crippen LogP contribution in [0.5, 0.6) is 0 Å². The molecule has 1 aromatic carbocycles. The molecule has 2 aromatic heterocycles. The number of hydrogen-bond donors (Lipinski definition) is 0. The highest BCUT2D eigenvalue weighted by Gasteiger charge is 2.37. The van der Waals surface area contributed by atoms with Crippen LogP contribution >= 0.6 is 0 Å². The first-order chi connectivity index (χ1) is 17.9. The Labute approximate surface area is 217 Å². The molecule has 2 unspecified atom stereocenters. The van der Waals surface area contributed by atoms with Gasteiger partial charge in [-0.05, 0) is 48.6 Å². The number of hydrogen-bond acceptors (Lipinski definition) is 5. The van der Waals surface area contributed by atoms with Crippen molar-refractivity contribution in [2.45, 2.75) is 51.4 Å². The third-order valence-corrected chi connectivity index (χ3v) is 7.62. The molecule has 0 spiro atoms. The third kappa shape index (κ3) is 5.34. The van der Waals surface area contributed by atoms with Crippen LogP contribution in [0, 0.1) is 0 Å². The van der Waals surface area contributed by atoms with Crippen LogP contribution in [0.2, 0.25) is 0 Å². The first-order valence-electron chi connectivity index (χ1n) is 12.9. The second kappa shape index (κ2) is 10.7. The number of pyridine rings is 2. The molecule has 8 heteroatoms.